The van der Waals surface area contributed by atoms with E-state index >= 15 is 0 Å². The van der Waals surface area contributed by atoms with Gasteiger partial charge in [-0.1, -0.05) is 0 Å². The fourth-order valence-corrected chi connectivity index (χ4v) is 5.56. The number of benzene rings is 2. The van der Waals surface area contributed by atoms with E-state index in [1.165, 1.54) is 22.3 Å². The topological polar surface area (TPSA) is 92.8 Å². The molecule has 1 aliphatic rings. The van der Waals surface area contributed by atoms with Crippen molar-refractivity contribution < 1.29 is 9.53 Å². The number of carbonyl (C=O) groups excluding carboxylic acids is 1. The summed E-state index contributed by atoms with van der Waals surface area (Å²) in [4.78, 5) is 12.6. The van der Waals surface area contributed by atoms with E-state index in [0.717, 1.165) is 11.7 Å². The van der Waals surface area contributed by atoms with Gasteiger partial charge in [0.05, 0.1) is 0 Å². The van der Waals surface area contributed by atoms with Crippen LogP contribution in [-0.2, 0) is 4.74 Å². The van der Waals surface area contributed by atoms with Gasteiger partial charge in [-0.3, -0.25) is 0 Å². The van der Waals surface area contributed by atoms with Gasteiger partial charge in [0, 0.05) is 0 Å². The number of rotatable bonds is 8. The number of tetrazole rings is 1. The molecule has 0 radical (unpaired) electrons. The number of fused-ring (bicyclic) bond motifs is 3. The molecular weight excluding hydrogens is 445 g/mol. The van der Waals surface area contributed by atoms with Crippen molar-refractivity contribution in [2.24, 2.45) is 5.92 Å². The number of nitrogens with zero attached hydrogens (tertiary/aromatic N) is 3. The quantitative estimate of drug-likeness (QED) is 0.494. The van der Waals surface area contributed by atoms with Crippen LogP contribution in [0.3, 0.4) is 0 Å². The molecule has 7 nitrogen and oxygen atoms in total. The monoisotopic (exact) mass is 471 g/mol. The van der Waals surface area contributed by atoms with Crippen LogP contribution < -0.4 is 10.0 Å². The Morgan fingerprint density at radius 3 is 2.40 bits per heavy atom. The number of aromatic amines is 1. The molecule has 0 saturated carbocycles. The van der Waals surface area contributed by atoms with E-state index in [1.807, 2.05) is 24.3 Å². The summed E-state index contributed by atoms with van der Waals surface area (Å²) >= 11 is 0.0448. The molecule has 156 valence electrons. The predicted octanol–water partition coefficient (Wildman–Crippen LogP) is 2.90. The summed E-state index contributed by atoms with van der Waals surface area (Å²) in [6, 6.07) is 16.7. The summed E-state index contributed by atoms with van der Waals surface area (Å²) in [6.45, 7) is 4.62. The number of hydrogen-bond donors (Lipinski definition) is 2. The van der Waals surface area contributed by atoms with Gasteiger partial charge < -0.3 is 0 Å². The van der Waals surface area contributed by atoms with Crippen molar-refractivity contribution in [1.29, 1.82) is 0 Å². The van der Waals surface area contributed by atoms with Crippen molar-refractivity contribution in [1.82, 2.24) is 25.9 Å². The number of ether oxygens (including phenoxy) is 1. The second-order valence-corrected chi connectivity index (χ2v) is 9.87. The molecule has 0 unspecified atom stereocenters. The van der Waals surface area contributed by atoms with Gasteiger partial charge in [0.2, 0.25) is 0 Å². The fraction of sp³-hybridized carbons (Fsp3) is 0.364. The standard InChI is InChI=1S/C22H25N5O2Se/c1-14(2)11-15(13-30-21-24-26-27-25-21)23-22(28)29-12-20-18-9-5-3-7-16(18)17-8-4-6-10-19(17)20/h3-10,14-15,20H,11-13H2,1-2H3,(H,23,28)(H,24,25,26,27)/t15-/m0/s1. The maximum absolute atomic E-state index is 12.6. The summed E-state index contributed by atoms with van der Waals surface area (Å²) in [7, 11) is 0. The number of amides is 1. The Hall–Kier alpha value is -2.70. The number of hydrogen-bond acceptors (Lipinski definition) is 5. The number of nitrogens with one attached hydrogen (secondary N) is 2. The number of H-pyrrole nitrogens is 1. The molecule has 0 aliphatic heterocycles. The van der Waals surface area contributed by atoms with E-state index in [4.69, 9.17) is 4.74 Å². The van der Waals surface area contributed by atoms with Crippen molar-refractivity contribution in [2.45, 2.75) is 37.5 Å². The van der Waals surface area contributed by atoms with Gasteiger partial charge in [0.25, 0.3) is 0 Å². The van der Waals surface area contributed by atoms with Crippen LogP contribution in [0.5, 0.6) is 0 Å². The molecule has 4 rings (SSSR count). The van der Waals surface area contributed by atoms with Gasteiger partial charge in [-0.2, -0.15) is 0 Å². The zero-order valence-electron chi connectivity index (χ0n) is 17.0. The van der Waals surface area contributed by atoms with Crippen molar-refractivity contribution >= 4 is 25.8 Å². The van der Waals surface area contributed by atoms with Crippen LogP contribution in [0.4, 0.5) is 4.79 Å². The minimum atomic E-state index is -0.369. The molecule has 2 aromatic carbocycles. The molecule has 30 heavy (non-hydrogen) atoms. The fourth-order valence-electron chi connectivity index (χ4n) is 3.93. The summed E-state index contributed by atoms with van der Waals surface area (Å²) in [5.41, 5.74) is 4.88. The van der Waals surface area contributed by atoms with E-state index < -0.39 is 0 Å². The zero-order valence-corrected chi connectivity index (χ0v) is 18.8. The first-order chi connectivity index (χ1) is 14.6. The van der Waals surface area contributed by atoms with E-state index in [-0.39, 0.29) is 33.0 Å². The molecular formula is C22H25N5O2Se. The Morgan fingerprint density at radius 2 is 1.80 bits per heavy atom. The van der Waals surface area contributed by atoms with Crippen molar-refractivity contribution in [3.63, 3.8) is 0 Å². The summed E-state index contributed by atoms with van der Waals surface area (Å²) in [6.07, 6.45) is 0.510. The van der Waals surface area contributed by atoms with Gasteiger partial charge >= 0.3 is 182 Å². The maximum atomic E-state index is 12.6. The first kappa shape index (κ1) is 20.6. The number of aromatic nitrogens is 4. The molecule has 2 N–H and O–H groups in total. The molecule has 1 aromatic heterocycles. The molecule has 1 atom stereocenters. The van der Waals surface area contributed by atoms with E-state index in [9.17, 15) is 4.79 Å². The Bertz CT molecular complexity index is 947. The second-order valence-electron chi connectivity index (χ2n) is 7.80. The van der Waals surface area contributed by atoms with Crippen LogP contribution >= 0.6 is 0 Å². The second kappa shape index (κ2) is 9.41. The van der Waals surface area contributed by atoms with Crippen molar-refractivity contribution in [3.05, 3.63) is 59.7 Å². The normalized spacial score (nSPS) is 13.7. The molecule has 0 fully saturated rings. The van der Waals surface area contributed by atoms with Gasteiger partial charge in [-0.25, -0.2) is 0 Å². The molecule has 3 aromatic rings. The minimum absolute atomic E-state index is 0.0270. The molecule has 0 saturated heterocycles. The van der Waals surface area contributed by atoms with E-state index in [0.29, 0.717) is 17.2 Å². The zero-order chi connectivity index (χ0) is 20.9. The Kier molecular flexibility index (Phi) is 6.45. The Morgan fingerprint density at radius 1 is 1.13 bits per heavy atom. The van der Waals surface area contributed by atoms with Crippen LogP contribution in [0, 0.1) is 5.92 Å². The van der Waals surface area contributed by atoms with Crippen LogP contribution in [-0.4, -0.2) is 54.3 Å². The average Bonchev–Trinajstić information content (AvgIpc) is 3.36. The molecule has 0 spiro atoms. The van der Waals surface area contributed by atoms with Gasteiger partial charge in [0.15, 0.2) is 0 Å². The third-order valence-electron chi connectivity index (χ3n) is 5.16. The van der Waals surface area contributed by atoms with Crippen LogP contribution in [0.15, 0.2) is 48.5 Å². The molecule has 0 bridgehead atoms. The molecule has 1 amide bonds. The van der Waals surface area contributed by atoms with E-state index in [2.05, 4.69) is 64.1 Å². The van der Waals surface area contributed by atoms with Crippen LogP contribution in [0.25, 0.3) is 11.1 Å². The van der Waals surface area contributed by atoms with Crippen LogP contribution in [0.1, 0.15) is 37.3 Å². The van der Waals surface area contributed by atoms with E-state index in [1.54, 1.807) is 0 Å². The van der Waals surface area contributed by atoms with Gasteiger partial charge in [-0.05, 0) is 0 Å². The Balaban J connectivity index is 1.38. The van der Waals surface area contributed by atoms with Gasteiger partial charge in [0.1, 0.15) is 0 Å². The third-order valence-corrected chi connectivity index (χ3v) is 7.26. The number of alkyl carbamates (subject to hydrolysis) is 1. The first-order valence-electron chi connectivity index (χ1n) is 10.1. The molecule has 1 heterocycles. The SMILES string of the molecule is CC(C)C[C@@H](C[Se]c1nn[nH]n1)NC(=O)OCC1c2ccccc2-c2ccccc21. The Labute approximate surface area is 182 Å². The summed E-state index contributed by atoms with van der Waals surface area (Å²) in [5, 5.41) is 18.0. The molecule has 1 aliphatic carbocycles. The van der Waals surface area contributed by atoms with Crippen molar-refractivity contribution in [3.8, 4) is 11.1 Å². The van der Waals surface area contributed by atoms with Crippen molar-refractivity contribution in [2.75, 3.05) is 6.61 Å². The average molecular weight is 470 g/mol. The predicted molar refractivity (Wildman–Crippen MR) is 116 cm³/mol. The van der Waals surface area contributed by atoms with Crippen LogP contribution in [0.2, 0.25) is 5.32 Å². The number of carbonyl (C=O) groups is 1. The first-order valence-corrected chi connectivity index (χ1v) is 12.2. The van der Waals surface area contributed by atoms with Gasteiger partial charge in [-0.15, -0.1) is 0 Å². The molecule has 8 heteroatoms. The third kappa shape index (κ3) is 4.71. The summed E-state index contributed by atoms with van der Waals surface area (Å²) < 4.78 is 6.41. The summed E-state index contributed by atoms with van der Waals surface area (Å²) in [5.74, 6) is 0.528.